The highest BCUT2D eigenvalue weighted by Crippen LogP contribution is 2.34. The molecule has 2 heterocycles. The molecule has 33 heavy (non-hydrogen) atoms. The van der Waals surface area contributed by atoms with E-state index < -0.39 is 20.9 Å². The first-order valence-electron chi connectivity index (χ1n) is 9.97. The largest absolute Gasteiger partial charge is 0.322 e. The molecule has 0 aliphatic carbocycles. The predicted molar refractivity (Wildman–Crippen MR) is 121 cm³/mol. The number of nitro benzene ring substituents is 1. The lowest BCUT2D eigenvalue weighted by Crippen LogP contribution is -2.27. The SMILES string of the molecule is Cn1cnnc1Sc1ccc(C(=O)Nc2cccc(S(=O)(=O)N3CCCC3)c2)cc1[N+](=O)[O-]. The number of carbonyl (C=O) groups is 1. The lowest BCUT2D eigenvalue weighted by molar-refractivity contribution is -0.387. The molecule has 11 nitrogen and oxygen atoms in total. The standard InChI is InChI=1S/C20H20N6O5S2/c1-24-13-21-23-20(24)32-18-8-7-14(11-17(18)26(28)29)19(27)22-15-5-4-6-16(12-15)33(30,31)25-9-2-3-10-25/h4-8,11-13H,2-3,9-10H2,1H3,(H,22,27). The Hall–Kier alpha value is -3.29. The van der Waals surface area contributed by atoms with E-state index in [2.05, 4.69) is 15.5 Å². The van der Waals surface area contributed by atoms with E-state index in [1.165, 1.54) is 41.0 Å². The number of hydrogen-bond acceptors (Lipinski definition) is 8. The van der Waals surface area contributed by atoms with Crippen molar-refractivity contribution in [3.63, 3.8) is 0 Å². The van der Waals surface area contributed by atoms with Crippen LogP contribution in [0.3, 0.4) is 0 Å². The van der Waals surface area contributed by atoms with Crippen molar-refractivity contribution in [2.45, 2.75) is 27.8 Å². The van der Waals surface area contributed by atoms with Crippen LogP contribution < -0.4 is 5.32 Å². The van der Waals surface area contributed by atoms with Gasteiger partial charge in [0.25, 0.3) is 11.6 Å². The van der Waals surface area contributed by atoms with E-state index in [0.29, 0.717) is 23.1 Å². The lowest BCUT2D eigenvalue weighted by atomic mass is 10.2. The predicted octanol–water partition coefficient (Wildman–Crippen LogP) is 2.91. The number of nitrogens with one attached hydrogen (secondary N) is 1. The Morgan fingerprint density at radius 2 is 1.94 bits per heavy atom. The fourth-order valence-electron chi connectivity index (χ4n) is 3.37. The van der Waals surface area contributed by atoms with Gasteiger partial charge < -0.3 is 9.88 Å². The Bertz CT molecular complexity index is 1320. The van der Waals surface area contributed by atoms with Gasteiger partial charge in [-0.1, -0.05) is 6.07 Å². The smallest absolute Gasteiger partial charge is 0.284 e. The van der Waals surface area contributed by atoms with Gasteiger partial charge in [0.15, 0.2) is 5.16 Å². The van der Waals surface area contributed by atoms with E-state index >= 15 is 0 Å². The summed E-state index contributed by atoms with van der Waals surface area (Å²) in [7, 11) is -1.92. The minimum Gasteiger partial charge on any atom is -0.322 e. The number of amides is 1. The van der Waals surface area contributed by atoms with Crippen molar-refractivity contribution in [3.05, 3.63) is 64.5 Å². The van der Waals surface area contributed by atoms with Gasteiger partial charge in [0, 0.05) is 37.5 Å². The molecular weight excluding hydrogens is 468 g/mol. The van der Waals surface area contributed by atoms with Crippen molar-refractivity contribution in [3.8, 4) is 0 Å². The van der Waals surface area contributed by atoms with Crippen molar-refractivity contribution in [1.29, 1.82) is 0 Å². The maximum absolute atomic E-state index is 12.8. The number of aryl methyl sites for hydroxylation is 1. The Morgan fingerprint density at radius 1 is 1.18 bits per heavy atom. The van der Waals surface area contributed by atoms with Gasteiger partial charge in [0.1, 0.15) is 6.33 Å². The molecule has 4 rings (SSSR count). The van der Waals surface area contributed by atoms with E-state index in [9.17, 15) is 23.3 Å². The fourth-order valence-corrected chi connectivity index (χ4v) is 5.78. The van der Waals surface area contributed by atoms with E-state index in [1.807, 2.05) is 0 Å². The van der Waals surface area contributed by atoms with Gasteiger partial charge in [-0.05, 0) is 54.9 Å². The van der Waals surface area contributed by atoms with Crippen LogP contribution in [0, 0.1) is 10.1 Å². The number of carbonyl (C=O) groups excluding carboxylic acids is 1. The Labute approximate surface area is 194 Å². The molecule has 0 saturated carbocycles. The molecule has 1 aliphatic heterocycles. The normalized spacial score (nSPS) is 14.3. The van der Waals surface area contributed by atoms with Crippen molar-refractivity contribution >= 4 is 39.1 Å². The maximum Gasteiger partial charge on any atom is 0.284 e. The lowest BCUT2D eigenvalue weighted by Gasteiger charge is -2.16. The zero-order chi connectivity index (χ0) is 23.6. The van der Waals surface area contributed by atoms with Crippen LogP contribution in [0.5, 0.6) is 0 Å². The molecule has 1 N–H and O–H groups in total. The average Bonchev–Trinajstić information content (AvgIpc) is 3.47. The summed E-state index contributed by atoms with van der Waals surface area (Å²) in [5.74, 6) is -0.593. The Morgan fingerprint density at radius 3 is 2.61 bits per heavy atom. The summed E-state index contributed by atoms with van der Waals surface area (Å²) in [4.78, 5) is 24.2. The first kappa shape index (κ1) is 22.9. The number of sulfonamides is 1. The van der Waals surface area contributed by atoms with Crippen molar-refractivity contribution in [2.24, 2.45) is 7.05 Å². The molecule has 3 aromatic rings. The van der Waals surface area contributed by atoms with Gasteiger partial charge in [0.05, 0.1) is 14.7 Å². The van der Waals surface area contributed by atoms with Crippen LogP contribution in [0.1, 0.15) is 23.2 Å². The van der Waals surface area contributed by atoms with Crippen LogP contribution in [0.2, 0.25) is 0 Å². The van der Waals surface area contributed by atoms with Crippen LogP contribution >= 0.6 is 11.8 Å². The molecule has 0 atom stereocenters. The summed E-state index contributed by atoms with van der Waals surface area (Å²) in [6.45, 7) is 0.947. The number of aromatic nitrogens is 3. The minimum atomic E-state index is -3.64. The highest BCUT2D eigenvalue weighted by atomic mass is 32.2. The summed E-state index contributed by atoms with van der Waals surface area (Å²) < 4.78 is 28.6. The third-order valence-corrected chi connectivity index (χ3v) is 8.10. The molecule has 13 heteroatoms. The molecule has 0 spiro atoms. The second-order valence-electron chi connectivity index (χ2n) is 7.36. The van der Waals surface area contributed by atoms with Gasteiger partial charge in [-0.2, -0.15) is 4.31 Å². The third-order valence-electron chi connectivity index (χ3n) is 5.08. The zero-order valence-electron chi connectivity index (χ0n) is 17.5. The number of nitrogens with zero attached hydrogens (tertiary/aromatic N) is 5. The number of nitro groups is 1. The second kappa shape index (κ2) is 9.29. The van der Waals surface area contributed by atoms with Gasteiger partial charge in [0.2, 0.25) is 10.0 Å². The van der Waals surface area contributed by atoms with E-state index in [1.54, 1.807) is 23.7 Å². The molecule has 0 radical (unpaired) electrons. The van der Waals surface area contributed by atoms with Crippen LogP contribution in [0.15, 0.2) is 63.7 Å². The minimum absolute atomic E-state index is 0.0665. The maximum atomic E-state index is 12.8. The summed E-state index contributed by atoms with van der Waals surface area (Å²) in [6.07, 6.45) is 3.12. The van der Waals surface area contributed by atoms with Crippen LogP contribution in [-0.4, -0.2) is 51.4 Å². The summed E-state index contributed by atoms with van der Waals surface area (Å²) in [5, 5.41) is 22.3. The molecule has 1 aliphatic rings. The second-order valence-corrected chi connectivity index (χ2v) is 10.3. The quantitative estimate of drug-likeness (QED) is 0.395. The number of anilines is 1. The third kappa shape index (κ3) is 4.89. The van der Waals surface area contributed by atoms with E-state index in [0.717, 1.165) is 24.6 Å². The van der Waals surface area contributed by atoms with Gasteiger partial charge in [-0.25, -0.2) is 8.42 Å². The molecule has 1 saturated heterocycles. The first-order chi connectivity index (χ1) is 15.8. The summed E-state index contributed by atoms with van der Waals surface area (Å²) >= 11 is 1.06. The Balaban J connectivity index is 1.56. The highest BCUT2D eigenvalue weighted by molar-refractivity contribution is 7.99. The van der Waals surface area contributed by atoms with Crippen LogP contribution in [0.25, 0.3) is 0 Å². The van der Waals surface area contributed by atoms with Gasteiger partial charge >= 0.3 is 0 Å². The van der Waals surface area contributed by atoms with E-state index in [-0.39, 0.29) is 21.8 Å². The van der Waals surface area contributed by atoms with Crippen LogP contribution in [0.4, 0.5) is 11.4 Å². The molecule has 1 amide bonds. The Kier molecular flexibility index (Phi) is 6.44. The molecular formula is C20H20N6O5S2. The van der Waals surface area contributed by atoms with Crippen molar-refractivity contribution < 1.29 is 18.1 Å². The van der Waals surface area contributed by atoms with Gasteiger partial charge in [-0.15, -0.1) is 10.2 Å². The topological polar surface area (TPSA) is 140 Å². The number of benzene rings is 2. The highest BCUT2D eigenvalue weighted by Gasteiger charge is 2.27. The molecule has 2 aromatic carbocycles. The zero-order valence-corrected chi connectivity index (χ0v) is 19.2. The van der Waals surface area contributed by atoms with Crippen molar-refractivity contribution in [1.82, 2.24) is 19.1 Å². The fraction of sp³-hybridized carbons (Fsp3) is 0.250. The molecule has 0 bridgehead atoms. The molecule has 1 aromatic heterocycles. The number of rotatable bonds is 7. The average molecular weight is 489 g/mol. The molecule has 172 valence electrons. The number of hydrogen-bond donors (Lipinski definition) is 1. The van der Waals surface area contributed by atoms with Crippen molar-refractivity contribution in [2.75, 3.05) is 18.4 Å². The van der Waals surface area contributed by atoms with Crippen LogP contribution in [-0.2, 0) is 17.1 Å². The van der Waals surface area contributed by atoms with E-state index in [4.69, 9.17) is 0 Å². The van der Waals surface area contributed by atoms with Gasteiger partial charge in [-0.3, -0.25) is 14.9 Å². The molecule has 0 unspecified atom stereocenters. The summed E-state index contributed by atoms with van der Waals surface area (Å²) in [6, 6.07) is 10.1. The molecule has 1 fully saturated rings. The summed E-state index contributed by atoms with van der Waals surface area (Å²) in [5.41, 5.74) is 0.0956. The monoisotopic (exact) mass is 488 g/mol. The first-order valence-corrected chi connectivity index (χ1v) is 12.2.